The van der Waals surface area contributed by atoms with Crippen molar-refractivity contribution >= 4 is 21.8 Å². The summed E-state index contributed by atoms with van der Waals surface area (Å²) < 4.78 is 33.5. The van der Waals surface area contributed by atoms with Crippen molar-refractivity contribution in [3.8, 4) is 0 Å². The Bertz CT molecular complexity index is 552. The molecule has 0 unspecified atom stereocenters. The van der Waals surface area contributed by atoms with Crippen molar-refractivity contribution in [1.82, 2.24) is 15.1 Å². The maximum atomic E-state index is 12.3. The van der Waals surface area contributed by atoms with Crippen molar-refractivity contribution in [3.05, 3.63) is 0 Å². The number of amides is 2. The number of rotatable bonds is 5. The highest BCUT2D eigenvalue weighted by molar-refractivity contribution is 7.91. The molecule has 23 heavy (non-hydrogen) atoms. The van der Waals surface area contributed by atoms with Gasteiger partial charge in [-0.2, -0.15) is 0 Å². The molecule has 2 aliphatic heterocycles. The molecule has 0 bridgehead atoms. The third kappa shape index (κ3) is 4.33. The zero-order valence-corrected chi connectivity index (χ0v) is 14.2. The molecule has 2 heterocycles. The van der Waals surface area contributed by atoms with Crippen molar-refractivity contribution in [1.29, 1.82) is 0 Å². The number of nitrogens with zero attached hydrogens (tertiary/aromatic N) is 2. The highest BCUT2D eigenvalue weighted by Crippen LogP contribution is 2.26. The first-order valence-electron chi connectivity index (χ1n) is 7.42. The molecule has 0 radical (unpaired) electrons. The van der Waals surface area contributed by atoms with Crippen LogP contribution >= 0.6 is 0 Å². The number of ether oxygens (including phenoxy) is 2. The summed E-state index contributed by atoms with van der Waals surface area (Å²) >= 11 is 0. The van der Waals surface area contributed by atoms with Crippen molar-refractivity contribution in [2.24, 2.45) is 0 Å². The molecule has 1 N–H and O–H groups in total. The third-order valence-electron chi connectivity index (χ3n) is 4.26. The molecule has 0 aromatic heterocycles. The van der Waals surface area contributed by atoms with Gasteiger partial charge in [0.25, 0.3) is 0 Å². The van der Waals surface area contributed by atoms with Crippen LogP contribution in [0.3, 0.4) is 0 Å². The first-order valence-corrected chi connectivity index (χ1v) is 9.25. The maximum absolute atomic E-state index is 12.3. The second-order valence-corrected chi connectivity index (χ2v) is 7.83. The first kappa shape index (κ1) is 18.0. The number of carbonyl (C=O) groups excluding carboxylic acids is 2. The largest absolute Gasteiger partial charge is 0.453 e. The number of fused-ring (bicyclic) bond motifs is 1. The van der Waals surface area contributed by atoms with E-state index in [0.29, 0.717) is 26.2 Å². The Kier molecular flexibility index (Phi) is 5.82. The van der Waals surface area contributed by atoms with Crippen LogP contribution in [0.4, 0.5) is 4.79 Å². The lowest BCUT2D eigenvalue weighted by atomic mass is 10.0. The van der Waals surface area contributed by atoms with Crippen molar-refractivity contribution in [2.75, 3.05) is 58.5 Å². The molecular weight excluding hydrogens is 326 g/mol. The molecule has 0 saturated carbocycles. The van der Waals surface area contributed by atoms with Gasteiger partial charge in [-0.25, -0.2) is 13.2 Å². The second-order valence-electron chi connectivity index (χ2n) is 5.67. The summed E-state index contributed by atoms with van der Waals surface area (Å²) in [5.74, 6) is -0.283. The van der Waals surface area contributed by atoms with Crippen LogP contribution in [0.15, 0.2) is 0 Å². The molecule has 2 rings (SSSR count). The normalized spacial score (nSPS) is 26.6. The average Bonchev–Trinajstić information content (AvgIpc) is 2.84. The van der Waals surface area contributed by atoms with E-state index in [2.05, 4.69) is 15.0 Å². The minimum atomic E-state index is -3.18. The highest BCUT2D eigenvalue weighted by atomic mass is 32.2. The van der Waals surface area contributed by atoms with Crippen LogP contribution in [0.5, 0.6) is 0 Å². The number of piperazine rings is 1. The van der Waals surface area contributed by atoms with Gasteiger partial charge in [0.05, 0.1) is 31.3 Å². The molecule has 132 valence electrons. The Hall–Kier alpha value is -1.39. The summed E-state index contributed by atoms with van der Waals surface area (Å²) in [6.45, 7) is 1.97. The predicted molar refractivity (Wildman–Crippen MR) is 81.8 cm³/mol. The Labute approximate surface area is 135 Å². The van der Waals surface area contributed by atoms with Gasteiger partial charge in [-0.15, -0.1) is 0 Å². The van der Waals surface area contributed by atoms with E-state index in [1.807, 2.05) is 0 Å². The monoisotopic (exact) mass is 349 g/mol. The summed E-state index contributed by atoms with van der Waals surface area (Å²) in [5.41, 5.74) is 0. The fraction of sp³-hybridized carbons (Fsp3) is 0.846. The molecule has 0 aromatic rings. The summed E-state index contributed by atoms with van der Waals surface area (Å²) in [7, 11) is -0.363. The lowest BCUT2D eigenvalue weighted by molar-refractivity contribution is -0.136. The number of nitrogens with one attached hydrogen (secondary N) is 1. The Balaban J connectivity index is 2.05. The van der Waals surface area contributed by atoms with Gasteiger partial charge in [0.2, 0.25) is 5.91 Å². The summed E-state index contributed by atoms with van der Waals surface area (Å²) in [6, 6.07) is -0.594. The average molecular weight is 349 g/mol. The van der Waals surface area contributed by atoms with Gasteiger partial charge >= 0.3 is 6.09 Å². The topological polar surface area (TPSA) is 105 Å². The molecular formula is C13H23N3O6S. The molecule has 2 atom stereocenters. The van der Waals surface area contributed by atoms with Crippen molar-refractivity contribution in [3.63, 3.8) is 0 Å². The van der Waals surface area contributed by atoms with E-state index in [0.717, 1.165) is 0 Å². The minimum absolute atomic E-state index is 0.0366. The number of alkyl carbamates (subject to hydrolysis) is 1. The summed E-state index contributed by atoms with van der Waals surface area (Å²) in [5, 5.41) is 2.34. The van der Waals surface area contributed by atoms with Crippen LogP contribution < -0.4 is 5.32 Å². The minimum Gasteiger partial charge on any atom is -0.453 e. The zero-order chi connectivity index (χ0) is 17.0. The van der Waals surface area contributed by atoms with Gasteiger partial charge in [-0.3, -0.25) is 9.69 Å². The van der Waals surface area contributed by atoms with Gasteiger partial charge < -0.3 is 19.7 Å². The van der Waals surface area contributed by atoms with E-state index in [-0.39, 0.29) is 36.0 Å². The van der Waals surface area contributed by atoms with E-state index in [1.165, 1.54) is 7.11 Å². The fourth-order valence-corrected chi connectivity index (χ4v) is 5.15. The smallest absolute Gasteiger partial charge is 0.407 e. The van der Waals surface area contributed by atoms with E-state index in [4.69, 9.17) is 4.74 Å². The number of hydrogen-bond donors (Lipinski definition) is 1. The molecule has 0 spiro atoms. The molecule has 0 aromatic carbocycles. The van der Waals surface area contributed by atoms with E-state index >= 15 is 0 Å². The highest BCUT2D eigenvalue weighted by Gasteiger charge is 2.47. The molecule has 9 nitrogen and oxygen atoms in total. The molecule has 0 aliphatic carbocycles. The number of carbonyl (C=O) groups is 2. The molecule has 2 saturated heterocycles. The first-order chi connectivity index (χ1) is 10.9. The van der Waals surface area contributed by atoms with Crippen LogP contribution in [0.2, 0.25) is 0 Å². The Morgan fingerprint density at radius 2 is 1.87 bits per heavy atom. The van der Waals surface area contributed by atoms with Gasteiger partial charge in [0.15, 0.2) is 9.84 Å². The molecule has 2 fully saturated rings. The SMILES string of the molecule is COCCN1CCN(C(=O)CNC(=O)OC)[C@H]2CS(=O)(=O)C[C@H]21. The van der Waals surface area contributed by atoms with Gasteiger partial charge in [-0.1, -0.05) is 0 Å². The quantitative estimate of drug-likeness (QED) is 0.631. The van der Waals surface area contributed by atoms with Crippen LogP contribution in [0, 0.1) is 0 Å². The van der Waals surface area contributed by atoms with Gasteiger partial charge in [0.1, 0.15) is 6.54 Å². The number of methoxy groups -OCH3 is 2. The van der Waals surface area contributed by atoms with Crippen molar-refractivity contribution in [2.45, 2.75) is 12.1 Å². The summed E-state index contributed by atoms with van der Waals surface area (Å²) in [4.78, 5) is 27.0. The van der Waals surface area contributed by atoms with E-state index < -0.39 is 15.9 Å². The van der Waals surface area contributed by atoms with Gasteiger partial charge in [-0.05, 0) is 0 Å². The maximum Gasteiger partial charge on any atom is 0.407 e. The number of sulfone groups is 1. The van der Waals surface area contributed by atoms with Gasteiger partial charge in [0, 0.05) is 32.8 Å². The number of hydrogen-bond acceptors (Lipinski definition) is 7. The lowest BCUT2D eigenvalue weighted by Crippen LogP contribution is -2.62. The summed E-state index contributed by atoms with van der Waals surface area (Å²) in [6.07, 6.45) is -0.687. The zero-order valence-electron chi connectivity index (χ0n) is 13.4. The van der Waals surface area contributed by atoms with Crippen LogP contribution in [-0.2, 0) is 24.1 Å². The van der Waals surface area contributed by atoms with Crippen molar-refractivity contribution < 1.29 is 27.5 Å². The third-order valence-corrected chi connectivity index (χ3v) is 5.96. The van der Waals surface area contributed by atoms with Crippen LogP contribution in [-0.4, -0.2) is 101 Å². The van der Waals surface area contributed by atoms with E-state index in [9.17, 15) is 18.0 Å². The predicted octanol–water partition coefficient (Wildman–Crippen LogP) is -1.70. The van der Waals surface area contributed by atoms with Crippen LogP contribution in [0.25, 0.3) is 0 Å². The molecule has 10 heteroatoms. The Morgan fingerprint density at radius 3 is 2.52 bits per heavy atom. The molecule has 2 amide bonds. The second kappa shape index (κ2) is 7.45. The van der Waals surface area contributed by atoms with Crippen LogP contribution in [0.1, 0.15) is 0 Å². The Morgan fingerprint density at radius 1 is 1.17 bits per heavy atom. The standard InChI is InChI=1S/C13H23N3O6S/c1-21-6-5-15-3-4-16(12(17)7-14-13(18)22-2)11-9-23(19,20)8-10(11)15/h10-11H,3-9H2,1-2H3,(H,14,18)/t10-,11+/m1/s1. The lowest BCUT2D eigenvalue weighted by Gasteiger charge is -2.43. The van der Waals surface area contributed by atoms with E-state index in [1.54, 1.807) is 12.0 Å². The fourth-order valence-electron chi connectivity index (χ4n) is 3.14. The molecule has 2 aliphatic rings.